The van der Waals surface area contributed by atoms with Crippen molar-refractivity contribution >= 4 is 5.84 Å². The quantitative estimate of drug-likeness (QED) is 0.257. The molecule has 0 aromatic carbocycles. The molecule has 94 valence electrons. The second kappa shape index (κ2) is 6.09. The standard InChI is InChI=1S/C12H25N3O/c1-3-5-10(4-2)14-9-12(6-7-12)8-11(13)15-16/h10,14,16H,3-9H2,1-2H3,(H2,13,15). The normalized spacial score (nSPS) is 20.8. The van der Waals surface area contributed by atoms with Crippen molar-refractivity contribution in [3.63, 3.8) is 0 Å². The predicted molar refractivity (Wildman–Crippen MR) is 66.7 cm³/mol. The second-order valence-corrected chi connectivity index (χ2v) is 5.04. The van der Waals surface area contributed by atoms with Gasteiger partial charge in [0.2, 0.25) is 0 Å². The van der Waals surface area contributed by atoms with Crippen molar-refractivity contribution in [1.82, 2.24) is 5.32 Å². The lowest BCUT2D eigenvalue weighted by Crippen LogP contribution is -2.35. The fourth-order valence-corrected chi connectivity index (χ4v) is 2.17. The molecule has 4 nitrogen and oxygen atoms in total. The lowest BCUT2D eigenvalue weighted by Gasteiger charge is -2.21. The van der Waals surface area contributed by atoms with E-state index in [2.05, 4.69) is 24.3 Å². The molecular formula is C12H25N3O. The van der Waals surface area contributed by atoms with Crippen LogP contribution in [0.5, 0.6) is 0 Å². The molecule has 0 radical (unpaired) electrons. The van der Waals surface area contributed by atoms with Gasteiger partial charge in [-0.3, -0.25) is 0 Å². The summed E-state index contributed by atoms with van der Waals surface area (Å²) in [6, 6.07) is 0.620. The highest BCUT2D eigenvalue weighted by Crippen LogP contribution is 2.48. The Morgan fingerprint density at radius 3 is 2.62 bits per heavy atom. The number of hydrogen-bond acceptors (Lipinski definition) is 3. The van der Waals surface area contributed by atoms with Gasteiger partial charge < -0.3 is 16.3 Å². The predicted octanol–water partition coefficient (Wildman–Crippen LogP) is 2.07. The lowest BCUT2D eigenvalue weighted by molar-refractivity contribution is 0.313. The first-order valence-corrected chi connectivity index (χ1v) is 6.35. The van der Waals surface area contributed by atoms with Gasteiger partial charge >= 0.3 is 0 Å². The SMILES string of the molecule is CCCC(CC)NCC1(CC(N)=NO)CC1. The summed E-state index contributed by atoms with van der Waals surface area (Å²) in [6.07, 6.45) is 6.74. The highest BCUT2D eigenvalue weighted by Gasteiger charge is 2.43. The molecule has 0 aromatic heterocycles. The zero-order valence-corrected chi connectivity index (χ0v) is 10.5. The van der Waals surface area contributed by atoms with Crippen molar-refractivity contribution in [2.75, 3.05) is 6.54 Å². The maximum absolute atomic E-state index is 8.58. The molecule has 0 amide bonds. The van der Waals surface area contributed by atoms with E-state index in [9.17, 15) is 0 Å². The van der Waals surface area contributed by atoms with Gasteiger partial charge in [0.05, 0.1) is 0 Å². The number of hydrogen-bond donors (Lipinski definition) is 3. The molecule has 16 heavy (non-hydrogen) atoms. The highest BCUT2D eigenvalue weighted by atomic mass is 16.4. The fourth-order valence-electron chi connectivity index (χ4n) is 2.17. The van der Waals surface area contributed by atoms with Crippen LogP contribution < -0.4 is 11.1 Å². The first-order valence-electron chi connectivity index (χ1n) is 6.35. The molecule has 1 saturated carbocycles. The van der Waals surface area contributed by atoms with Crippen molar-refractivity contribution in [2.45, 2.75) is 58.4 Å². The summed E-state index contributed by atoms with van der Waals surface area (Å²) in [5.41, 5.74) is 5.84. The van der Waals surface area contributed by atoms with E-state index in [4.69, 9.17) is 10.9 Å². The van der Waals surface area contributed by atoms with E-state index in [1.807, 2.05) is 0 Å². The van der Waals surface area contributed by atoms with Crippen molar-refractivity contribution in [2.24, 2.45) is 16.3 Å². The molecule has 1 unspecified atom stereocenters. The van der Waals surface area contributed by atoms with E-state index in [-0.39, 0.29) is 5.41 Å². The van der Waals surface area contributed by atoms with Gasteiger partial charge in [0.1, 0.15) is 5.84 Å². The number of amidine groups is 1. The van der Waals surface area contributed by atoms with Crippen LogP contribution in [0.25, 0.3) is 0 Å². The Kier molecular flexibility index (Phi) is 5.06. The Hall–Kier alpha value is -0.770. The Balaban J connectivity index is 2.30. The molecule has 1 aliphatic carbocycles. The Morgan fingerprint density at radius 1 is 1.50 bits per heavy atom. The molecule has 0 heterocycles. The minimum atomic E-state index is 0.275. The Morgan fingerprint density at radius 2 is 2.19 bits per heavy atom. The van der Waals surface area contributed by atoms with E-state index in [0.717, 1.165) is 13.0 Å². The first-order chi connectivity index (χ1) is 7.65. The summed E-state index contributed by atoms with van der Waals surface area (Å²) >= 11 is 0. The van der Waals surface area contributed by atoms with E-state index in [0.29, 0.717) is 11.9 Å². The largest absolute Gasteiger partial charge is 0.409 e. The molecule has 0 bridgehead atoms. The fraction of sp³-hybridized carbons (Fsp3) is 0.917. The molecule has 0 aliphatic heterocycles. The van der Waals surface area contributed by atoms with Gasteiger partial charge in [0.25, 0.3) is 0 Å². The molecule has 1 aliphatic rings. The zero-order valence-electron chi connectivity index (χ0n) is 10.5. The first kappa shape index (κ1) is 13.3. The van der Waals surface area contributed by atoms with E-state index >= 15 is 0 Å². The van der Waals surface area contributed by atoms with Crippen LogP contribution in [0.1, 0.15) is 52.4 Å². The van der Waals surface area contributed by atoms with Crippen LogP contribution >= 0.6 is 0 Å². The topological polar surface area (TPSA) is 70.6 Å². The summed E-state index contributed by atoms with van der Waals surface area (Å²) in [4.78, 5) is 0. The molecule has 1 atom stereocenters. The molecular weight excluding hydrogens is 202 g/mol. The number of nitrogens with one attached hydrogen (secondary N) is 1. The average molecular weight is 227 g/mol. The monoisotopic (exact) mass is 227 g/mol. The maximum Gasteiger partial charge on any atom is 0.139 e. The van der Waals surface area contributed by atoms with Gasteiger partial charge in [-0.15, -0.1) is 0 Å². The molecule has 0 spiro atoms. The summed E-state index contributed by atoms with van der Waals surface area (Å²) < 4.78 is 0. The van der Waals surface area contributed by atoms with E-state index in [1.54, 1.807) is 0 Å². The van der Waals surface area contributed by atoms with Gasteiger partial charge in [-0.05, 0) is 31.1 Å². The Labute approximate surface area is 98.3 Å². The molecule has 0 aromatic rings. The van der Waals surface area contributed by atoms with E-state index in [1.165, 1.54) is 32.1 Å². The molecule has 0 saturated heterocycles. The van der Waals surface area contributed by atoms with Gasteiger partial charge in [0, 0.05) is 19.0 Å². The lowest BCUT2D eigenvalue weighted by atomic mass is 10.0. The van der Waals surface area contributed by atoms with Crippen LogP contribution in [0, 0.1) is 5.41 Å². The summed E-state index contributed by atoms with van der Waals surface area (Å²) in [5.74, 6) is 0.364. The minimum absolute atomic E-state index is 0.275. The van der Waals surface area contributed by atoms with Crippen LogP contribution in [0.15, 0.2) is 5.16 Å². The summed E-state index contributed by atoms with van der Waals surface area (Å²) in [5, 5.41) is 15.3. The van der Waals surface area contributed by atoms with Gasteiger partial charge in [-0.25, -0.2) is 0 Å². The summed E-state index contributed by atoms with van der Waals surface area (Å²) in [7, 11) is 0. The van der Waals surface area contributed by atoms with Crippen LogP contribution in [-0.2, 0) is 0 Å². The average Bonchev–Trinajstić information content (AvgIpc) is 3.04. The summed E-state index contributed by atoms with van der Waals surface area (Å²) in [6.45, 7) is 5.44. The van der Waals surface area contributed by atoms with Crippen molar-refractivity contribution in [1.29, 1.82) is 0 Å². The minimum Gasteiger partial charge on any atom is -0.409 e. The number of rotatable bonds is 8. The number of nitrogens with two attached hydrogens (primary N) is 1. The maximum atomic E-state index is 8.58. The van der Waals surface area contributed by atoms with Crippen molar-refractivity contribution < 1.29 is 5.21 Å². The smallest absolute Gasteiger partial charge is 0.139 e. The third kappa shape index (κ3) is 4.00. The van der Waals surface area contributed by atoms with Gasteiger partial charge in [-0.2, -0.15) is 0 Å². The van der Waals surface area contributed by atoms with Gasteiger partial charge in [0.15, 0.2) is 0 Å². The van der Waals surface area contributed by atoms with Gasteiger partial charge in [-0.1, -0.05) is 25.4 Å². The second-order valence-electron chi connectivity index (χ2n) is 5.04. The Bertz CT molecular complexity index is 236. The zero-order chi connectivity index (χ0) is 12.0. The van der Waals surface area contributed by atoms with E-state index < -0.39 is 0 Å². The van der Waals surface area contributed by atoms with Crippen LogP contribution in [0.3, 0.4) is 0 Å². The van der Waals surface area contributed by atoms with Crippen molar-refractivity contribution in [3.05, 3.63) is 0 Å². The highest BCUT2D eigenvalue weighted by molar-refractivity contribution is 5.80. The molecule has 1 rings (SSSR count). The number of nitrogens with zero attached hydrogens (tertiary/aromatic N) is 1. The third-order valence-corrected chi connectivity index (χ3v) is 3.54. The molecule has 1 fully saturated rings. The third-order valence-electron chi connectivity index (χ3n) is 3.54. The van der Waals surface area contributed by atoms with Crippen LogP contribution in [0.4, 0.5) is 0 Å². The molecule has 4 N–H and O–H groups in total. The van der Waals surface area contributed by atoms with Crippen LogP contribution in [-0.4, -0.2) is 23.6 Å². The molecule has 4 heteroatoms. The van der Waals surface area contributed by atoms with Crippen LogP contribution in [0.2, 0.25) is 0 Å². The van der Waals surface area contributed by atoms with Crippen molar-refractivity contribution in [3.8, 4) is 0 Å². The number of oxime groups is 1.